The molecule has 0 aliphatic rings. The number of nitrogens with one attached hydrogen (secondary N) is 1. The summed E-state index contributed by atoms with van der Waals surface area (Å²) in [5.41, 5.74) is 9.33. The second-order valence-electron chi connectivity index (χ2n) is 5.30. The molecule has 0 aliphatic carbocycles. The van der Waals surface area contributed by atoms with Crippen molar-refractivity contribution in [2.24, 2.45) is 0 Å². The Balaban J connectivity index is 2.03. The van der Waals surface area contributed by atoms with Crippen molar-refractivity contribution in [3.05, 3.63) is 57.8 Å². The van der Waals surface area contributed by atoms with E-state index in [1.165, 1.54) is 0 Å². The maximum absolute atomic E-state index is 6.09. The SMILES string of the molecule is Cc1nc(-c2ccccn2)nc(Nc2cc(Cl)c(N)c(Cl)c2)c1C. The smallest absolute Gasteiger partial charge is 0.180 e. The van der Waals surface area contributed by atoms with E-state index < -0.39 is 0 Å². The van der Waals surface area contributed by atoms with E-state index in [2.05, 4.69) is 20.3 Å². The highest BCUT2D eigenvalue weighted by molar-refractivity contribution is 6.39. The number of hydrogen-bond donors (Lipinski definition) is 2. The molecular formula is C17H15Cl2N5. The van der Waals surface area contributed by atoms with Crippen LogP contribution < -0.4 is 11.1 Å². The lowest BCUT2D eigenvalue weighted by Gasteiger charge is -2.13. The fourth-order valence-corrected chi connectivity index (χ4v) is 2.64. The number of aromatic nitrogens is 3. The normalized spacial score (nSPS) is 10.7. The quantitative estimate of drug-likeness (QED) is 0.657. The van der Waals surface area contributed by atoms with Crippen LogP contribution in [0.15, 0.2) is 36.5 Å². The highest BCUT2D eigenvalue weighted by Crippen LogP contribution is 2.33. The van der Waals surface area contributed by atoms with E-state index in [-0.39, 0.29) is 0 Å². The summed E-state index contributed by atoms with van der Waals surface area (Å²) in [6.07, 6.45) is 1.71. The van der Waals surface area contributed by atoms with E-state index in [9.17, 15) is 0 Å². The van der Waals surface area contributed by atoms with E-state index >= 15 is 0 Å². The molecule has 0 spiro atoms. The summed E-state index contributed by atoms with van der Waals surface area (Å²) in [4.78, 5) is 13.4. The summed E-state index contributed by atoms with van der Waals surface area (Å²) >= 11 is 12.2. The van der Waals surface area contributed by atoms with Crippen molar-refractivity contribution in [3.63, 3.8) is 0 Å². The van der Waals surface area contributed by atoms with Gasteiger partial charge in [0.1, 0.15) is 11.5 Å². The third-order valence-corrected chi connectivity index (χ3v) is 4.25. The van der Waals surface area contributed by atoms with Crippen LogP contribution in [0, 0.1) is 13.8 Å². The van der Waals surface area contributed by atoms with Crippen molar-refractivity contribution < 1.29 is 0 Å². The monoisotopic (exact) mass is 359 g/mol. The molecule has 1 aromatic carbocycles. The molecule has 0 aliphatic heterocycles. The second kappa shape index (κ2) is 6.63. The average molecular weight is 360 g/mol. The Kier molecular flexibility index (Phi) is 4.55. The molecule has 3 rings (SSSR count). The van der Waals surface area contributed by atoms with Crippen LogP contribution in [0.3, 0.4) is 0 Å². The Bertz CT molecular complexity index is 874. The Labute approximate surface area is 149 Å². The molecular weight excluding hydrogens is 345 g/mol. The van der Waals surface area contributed by atoms with E-state index in [0.717, 1.165) is 11.3 Å². The van der Waals surface area contributed by atoms with Crippen molar-refractivity contribution in [1.29, 1.82) is 0 Å². The number of anilines is 3. The van der Waals surface area contributed by atoms with Gasteiger partial charge < -0.3 is 11.1 Å². The van der Waals surface area contributed by atoms with Crippen LogP contribution in [-0.2, 0) is 0 Å². The summed E-state index contributed by atoms with van der Waals surface area (Å²) in [5, 5.41) is 4.00. The number of nitrogens with zero attached hydrogens (tertiary/aromatic N) is 3. The minimum absolute atomic E-state index is 0.355. The zero-order valence-corrected chi connectivity index (χ0v) is 14.7. The van der Waals surface area contributed by atoms with Crippen LogP contribution >= 0.6 is 23.2 Å². The zero-order valence-electron chi connectivity index (χ0n) is 13.1. The largest absolute Gasteiger partial charge is 0.396 e. The van der Waals surface area contributed by atoms with Gasteiger partial charge in [-0.05, 0) is 38.1 Å². The van der Waals surface area contributed by atoms with Gasteiger partial charge in [-0.15, -0.1) is 0 Å². The van der Waals surface area contributed by atoms with Gasteiger partial charge in [-0.2, -0.15) is 0 Å². The summed E-state index contributed by atoms with van der Waals surface area (Å²) in [7, 11) is 0. The molecule has 0 atom stereocenters. The molecule has 0 fully saturated rings. The van der Waals surface area contributed by atoms with Crippen LogP contribution in [0.2, 0.25) is 10.0 Å². The number of aryl methyl sites for hydroxylation is 1. The molecule has 2 heterocycles. The van der Waals surface area contributed by atoms with Gasteiger partial charge in [0.25, 0.3) is 0 Å². The predicted molar refractivity (Wildman–Crippen MR) is 98.9 cm³/mol. The predicted octanol–water partition coefficient (Wildman–Crippen LogP) is 4.79. The Morgan fingerprint density at radius 1 is 1.04 bits per heavy atom. The number of halogens is 2. The van der Waals surface area contributed by atoms with Gasteiger partial charge >= 0.3 is 0 Å². The maximum atomic E-state index is 6.09. The van der Waals surface area contributed by atoms with Crippen LogP contribution in [0.4, 0.5) is 17.2 Å². The molecule has 5 nitrogen and oxygen atoms in total. The number of nitrogens with two attached hydrogens (primary N) is 1. The first-order valence-corrected chi connectivity index (χ1v) is 7.99. The Hall–Kier alpha value is -2.37. The first kappa shape index (κ1) is 16.5. The lowest BCUT2D eigenvalue weighted by atomic mass is 10.2. The number of nitrogen functional groups attached to an aromatic ring is 1. The molecule has 3 aromatic rings. The van der Waals surface area contributed by atoms with Gasteiger partial charge in [0, 0.05) is 23.1 Å². The van der Waals surface area contributed by atoms with Crippen molar-refractivity contribution in [2.45, 2.75) is 13.8 Å². The average Bonchev–Trinajstić information content (AvgIpc) is 2.57. The maximum Gasteiger partial charge on any atom is 0.180 e. The van der Waals surface area contributed by atoms with Gasteiger partial charge in [0.15, 0.2) is 5.82 Å². The number of benzene rings is 1. The topological polar surface area (TPSA) is 76.7 Å². The highest BCUT2D eigenvalue weighted by Gasteiger charge is 2.12. The zero-order chi connectivity index (χ0) is 17.3. The van der Waals surface area contributed by atoms with Crippen LogP contribution in [0.25, 0.3) is 11.5 Å². The molecule has 0 radical (unpaired) electrons. The standard InChI is InChI=1S/C17H15Cl2N5/c1-9-10(2)22-17(14-5-3-4-6-21-14)24-16(9)23-11-7-12(18)15(20)13(19)8-11/h3-8H,20H2,1-2H3,(H,22,23,24). The molecule has 7 heteroatoms. The number of rotatable bonds is 3. The molecule has 0 saturated carbocycles. The van der Waals surface area contributed by atoms with Crippen molar-refractivity contribution in [2.75, 3.05) is 11.1 Å². The summed E-state index contributed by atoms with van der Waals surface area (Å²) in [6, 6.07) is 9.03. The van der Waals surface area contributed by atoms with Crippen LogP contribution in [-0.4, -0.2) is 15.0 Å². The van der Waals surface area contributed by atoms with Gasteiger partial charge in [-0.25, -0.2) is 9.97 Å². The van der Waals surface area contributed by atoms with Gasteiger partial charge in [-0.3, -0.25) is 4.98 Å². The minimum atomic E-state index is 0.355. The molecule has 0 unspecified atom stereocenters. The Morgan fingerprint density at radius 3 is 2.38 bits per heavy atom. The molecule has 3 N–H and O–H groups in total. The van der Waals surface area contributed by atoms with Crippen LogP contribution in [0.1, 0.15) is 11.3 Å². The molecule has 2 aromatic heterocycles. The minimum Gasteiger partial charge on any atom is -0.396 e. The summed E-state index contributed by atoms with van der Waals surface area (Å²) < 4.78 is 0. The van der Waals surface area contributed by atoms with Gasteiger partial charge in [0.05, 0.1) is 15.7 Å². The van der Waals surface area contributed by atoms with E-state index in [1.54, 1.807) is 18.3 Å². The highest BCUT2D eigenvalue weighted by atomic mass is 35.5. The van der Waals surface area contributed by atoms with Crippen molar-refractivity contribution >= 4 is 40.4 Å². The summed E-state index contributed by atoms with van der Waals surface area (Å²) in [5.74, 6) is 1.22. The Morgan fingerprint density at radius 2 is 1.75 bits per heavy atom. The third kappa shape index (κ3) is 3.27. The van der Waals surface area contributed by atoms with Gasteiger partial charge in [0.2, 0.25) is 0 Å². The van der Waals surface area contributed by atoms with Gasteiger partial charge in [-0.1, -0.05) is 29.3 Å². The third-order valence-electron chi connectivity index (χ3n) is 3.63. The first-order valence-electron chi connectivity index (χ1n) is 7.24. The number of pyridine rings is 1. The molecule has 0 amide bonds. The molecule has 122 valence electrons. The molecule has 24 heavy (non-hydrogen) atoms. The van der Waals surface area contributed by atoms with E-state index in [4.69, 9.17) is 28.9 Å². The fraction of sp³-hybridized carbons (Fsp3) is 0.118. The lowest BCUT2D eigenvalue weighted by molar-refractivity contribution is 1.06. The second-order valence-corrected chi connectivity index (χ2v) is 6.11. The lowest BCUT2D eigenvalue weighted by Crippen LogP contribution is -2.04. The van der Waals surface area contributed by atoms with E-state index in [0.29, 0.717) is 38.8 Å². The first-order chi connectivity index (χ1) is 11.5. The molecule has 0 bridgehead atoms. The summed E-state index contributed by atoms with van der Waals surface area (Å²) in [6.45, 7) is 3.87. The van der Waals surface area contributed by atoms with Crippen molar-refractivity contribution in [1.82, 2.24) is 15.0 Å². The molecule has 0 saturated heterocycles. The number of hydrogen-bond acceptors (Lipinski definition) is 5. The van der Waals surface area contributed by atoms with Crippen LogP contribution in [0.5, 0.6) is 0 Å². The van der Waals surface area contributed by atoms with Crippen molar-refractivity contribution in [3.8, 4) is 11.5 Å². The van der Waals surface area contributed by atoms with E-state index in [1.807, 2.05) is 32.0 Å². The fourth-order valence-electron chi connectivity index (χ4n) is 2.15.